The highest BCUT2D eigenvalue weighted by Crippen LogP contribution is 2.16. The van der Waals surface area contributed by atoms with Crippen LogP contribution < -0.4 is 10.1 Å². The molecule has 0 aromatic carbocycles. The largest absolute Gasteiger partial charge is 0.477 e. The van der Waals surface area contributed by atoms with E-state index in [4.69, 9.17) is 4.74 Å². The van der Waals surface area contributed by atoms with Crippen molar-refractivity contribution < 1.29 is 9.53 Å². The maximum Gasteiger partial charge on any atom is 0.261 e. The monoisotopic (exact) mass is 243 g/mol. The molecule has 5 heteroatoms. The first kappa shape index (κ1) is 12.0. The molecule has 2 rings (SSSR count). The lowest BCUT2D eigenvalue weighted by Crippen LogP contribution is -2.14. The topological polar surface area (TPSA) is 64.1 Å². The highest BCUT2D eigenvalue weighted by Gasteiger charge is 2.13. The molecule has 1 N–H and O–H groups in total. The Kier molecular flexibility index (Phi) is 3.86. The Hall–Kier alpha value is -2.43. The second kappa shape index (κ2) is 5.77. The Morgan fingerprint density at radius 1 is 1.33 bits per heavy atom. The SMILES string of the molecule is CCOc1ncccc1C(=O)Nc1cccnc1. The van der Waals surface area contributed by atoms with Gasteiger partial charge in [0.1, 0.15) is 5.56 Å². The summed E-state index contributed by atoms with van der Waals surface area (Å²) in [6, 6.07) is 6.88. The van der Waals surface area contributed by atoms with E-state index in [9.17, 15) is 4.79 Å². The van der Waals surface area contributed by atoms with Crippen LogP contribution in [0.3, 0.4) is 0 Å². The van der Waals surface area contributed by atoms with Crippen molar-refractivity contribution in [3.8, 4) is 5.88 Å². The minimum Gasteiger partial charge on any atom is -0.477 e. The minimum atomic E-state index is -0.264. The maximum atomic E-state index is 12.1. The van der Waals surface area contributed by atoms with Crippen molar-refractivity contribution in [1.29, 1.82) is 0 Å². The fourth-order valence-corrected chi connectivity index (χ4v) is 1.45. The van der Waals surface area contributed by atoms with Gasteiger partial charge in [0.2, 0.25) is 5.88 Å². The first-order chi connectivity index (χ1) is 8.81. The summed E-state index contributed by atoms with van der Waals surface area (Å²) in [5.41, 5.74) is 1.04. The fraction of sp³-hybridized carbons (Fsp3) is 0.154. The van der Waals surface area contributed by atoms with Crippen molar-refractivity contribution in [2.45, 2.75) is 6.92 Å². The van der Waals surface area contributed by atoms with Gasteiger partial charge >= 0.3 is 0 Å². The van der Waals surface area contributed by atoms with Crippen LogP contribution in [0.2, 0.25) is 0 Å². The third-order valence-corrected chi connectivity index (χ3v) is 2.22. The first-order valence-electron chi connectivity index (χ1n) is 5.60. The van der Waals surface area contributed by atoms with Gasteiger partial charge in [0, 0.05) is 12.4 Å². The van der Waals surface area contributed by atoms with Gasteiger partial charge in [0.25, 0.3) is 5.91 Å². The molecule has 0 aliphatic carbocycles. The van der Waals surface area contributed by atoms with Gasteiger partial charge in [-0.15, -0.1) is 0 Å². The standard InChI is InChI=1S/C13H13N3O2/c1-2-18-13-11(6-4-8-15-13)12(17)16-10-5-3-7-14-9-10/h3-9H,2H2,1H3,(H,16,17). The van der Waals surface area contributed by atoms with Crippen molar-refractivity contribution in [1.82, 2.24) is 9.97 Å². The van der Waals surface area contributed by atoms with Crippen LogP contribution in [0.4, 0.5) is 5.69 Å². The van der Waals surface area contributed by atoms with Crippen LogP contribution in [0.1, 0.15) is 17.3 Å². The number of nitrogens with zero attached hydrogens (tertiary/aromatic N) is 2. The molecule has 2 aromatic rings. The van der Waals surface area contributed by atoms with Gasteiger partial charge in [-0.05, 0) is 31.2 Å². The number of pyridine rings is 2. The summed E-state index contributed by atoms with van der Waals surface area (Å²) in [6.07, 6.45) is 4.81. The van der Waals surface area contributed by atoms with E-state index < -0.39 is 0 Å². The second-order valence-corrected chi connectivity index (χ2v) is 3.48. The van der Waals surface area contributed by atoms with Crippen LogP contribution in [0.25, 0.3) is 0 Å². The number of ether oxygens (including phenoxy) is 1. The molecule has 0 aliphatic rings. The Bertz CT molecular complexity index is 529. The van der Waals surface area contributed by atoms with Gasteiger partial charge in [-0.25, -0.2) is 4.98 Å². The number of carbonyl (C=O) groups excluding carboxylic acids is 1. The lowest BCUT2D eigenvalue weighted by atomic mass is 10.2. The Morgan fingerprint density at radius 2 is 2.17 bits per heavy atom. The molecular formula is C13H13N3O2. The molecule has 1 amide bonds. The van der Waals surface area contributed by atoms with Crippen LogP contribution in [-0.2, 0) is 0 Å². The molecule has 0 atom stereocenters. The average Bonchev–Trinajstić information content (AvgIpc) is 2.41. The van der Waals surface area contributed by atoms with E-state index in [1.807, 2.05) is 6.92 Å². The van der Waals surface area contributed by atoms with Crippen molar-refractivity contribution in [2.24, 2.45) is 0 Å². The summed E-state index contributed by atoms with van der Waals surface area (Å²) in [4.78, 5) is 20.0. The van der Waals surface area contributed by atoms with Crippen molar-refractivity contribution in [3.63, 3.8) is 0 Å². The summed E-state index contributed by atoms with van der Waals surface area (Å²) >= 11 is 0. The second-order valence-electron chi connectivity index (χ2n) is 3.48. The zero-order valence-electron chi connectivity index (χ0n) is 9.96. The lowest BCUT2D eigenvalue weighted by molar-refractivity contribution is 0.102. The number of hydrogen-bond acceptors (Lipinski definition) is 4. The van der Waals surface area contributed by atoms with Crippen molar-refractivity contribution in [2.75, 3.05) is 11.9 Å². The quantitative estimate of drug-likeness (QED) is 0.893. The molecule has 0 unspecified atom stereocenters. The lowest BCUT2D eigenvalue weighted by Gasteiger charge is -2.08. The normalized spacial score (nSPS) is 9.83. The fourth-order valence-electron chi connectivity index (χ4n) is 1.45. The molecule has 92 valence electrons. The van der Waals surface area contributed by atoms with Crippen LogP contribution in [-0.4, -0.2) is 22.5 Å². The van der Waals surface area contributed by atoms with E-state index in [-0.39, 0.29) is 5.91 Å². The highest BCUT2D eigenvalue weighted by atomic mass is 16.5. The summed E-state index contributed by atoms with van der Waals surface area (Å²) in [5.74, 6) is 0.0703. The minimum absolute atomic E-state index is 0.264. The molecular weight excluding hydrogens is 230 g/mol. The van der Waals surface area contributed by atoms with Gasteiger partial charge in [-0.3, -0.25) is 9.78 Å². The molecule has 0 fully saturated rings. The summed E-state index contributed by atoms with van der Waals surface area (Å²) < 4.78 is 5.31. The Balaban J connectivity index is 2.19. The predicted molar refractivity (Wildman–Crippen MR) is 67.6 cm³/mol. The molecule has 0 saturated heterocycles. The van der Waals surface area contributed by atoms with Crippen LogP contribution >= 0.6 is 0 Å². The van der Waals surface area contributed by atoms with E-state index in [1.165, 1.54) is 0 Å². The molecule has 0 aliphatic heterocycles. The zero-order valence-corrected chi connectivity index (χ0v) is 9.96. The van der Waals surface area contributed by atoms with E-state index in [0.717, 1.165) is 0 Å². The van der Waals surface area contributed by atoms with Gasteiger partial charge in [-0.2, -0.15) is 0 Å². The zero-order chi connectivity index (χ0) is 12.8. The summed E-state index contributed by atoms with van der Waals surface area (Å²) in [6.45, 7) is 2.31. The molecule has 18 heavy (non-hydrogen) atoms. The van der Waals surface area contributed by atoms with E-state index in [0.29, 0.717) is 23.7 Å². The van der Waals surface area contributed by atoms with E-state index in [2.05, 4.69) is 15.3 Å². The van der Waals surface area contributed by atoms with Crippen LogP contribution in [0.15, 0.2) is 42.9 Å². The molecule has 0 spiro atoms. The third kappa shape index (κ3) is 2.82. The number of anilines is 1. The molecule has 0 saturated carbocycles. The number of nitrogens with one attached hydrogen (secondary N) is 1. The average molecular weight is 243 g/mol. The van der Waals surface area contributed by atoms with E-state index in [1.54, 1.807) is 42.9 Å². The van der Waals surface area contributed by atoms with Crippen LogP contribution in [0, 0.1) is 0 Å². The summed E-state index contributed by atoms with van der Waals surface area (Å²) in [7, 11) is 0. The predicted octanol–water partition coefficient (Wildman–Crippen LogP) is 2.13. The van der Waals surface area contributed by atoms with E-state index >= 15 is 0 Å². The van der Waals surface area contributed by atoms with Crippen LogP contribution in [0.5, 0.6) is 5.88 Å². The number of aromatic nitrogens is 2. The van der Waals surface area contributed by atoms with Gasteiger partial charge in [0.05, 0.1) is 18.5 Å². The molecule has 2 heterocycles. The number of amides is 1. The van der Waals surface area contributed by atoms with Gasteiger partial charge in [-0.1, -0.05) is 0 Å². The molecule has 5 nitrogen and oxygen atoms in total. The molecule has 0 radical (unpaired) electrons. The smallest absolute Gasteiger partial charge is 0.261 e. The van der Waals surface area contributed by atoms with Crippen molar-refractivity contribution in [3.05, 3.63) is 48.4 Å². The molecule has 0 bridgehead atoms. The summed E-state index contributed by atoms with van der Waals surface area (Å²) in [5, 5.41) is 2.74. The Labute approximate surface area is 105 Å². The number of hydrogen-bond donors (Lipinski definition) is 1. The molecule has 2 aromatic heterocycles. The first-order valence-corrected chi connectivity index (χ1v) is 5.60. The Morgan fingerprint density at radius 3 is 2.89 bits per heavy atom. The number of rotatable bonds is 4. The third-order valence-electron chi connectivity index (χ3n) is 2.22. The van der Waals surface area contributed by atoms with Gasteiger partial charge in [0.15, 0.2) is 0 Å². The highest BCUT2D eigenvalue weighted by molar-refractivity contribution is 6.05. The number of carbonyl (C=O) groups is 1. The van der Waals surface area contributed by atoms with Gasteiger partial charge < -0.3 is 10.1 Å². The van der Waals surface area contributed by atoms with Crippen molar-refractivity contribution >= 4 is 11.6 Å². The maximum absolute atomic E-state index is 12.1.